The van der Waals surface area contributed by atoms with Crippen molar-refractivity contribution >= 4 is 11.9 Å². The molecule has 7 nitrogen and oxygen atoms in total. The highest BCUT2D eigenvalue weighted by Crippen LogP contribution is 2.21. The van der Waals surface area contributed by atoms with Crippen LogP contribution in [0.15, 0.2) is 41.0 Å². The third kappa shape index (κ3) is 5.16. The summed E-state index contributed by atoms with van der Waals surface area (Å²) in [6, 6.07) is 8.13. The molecule has 3 N–H and O–H groups in total. The molecule has 0 saturated carbocycles. The number of hydrogen-bond acceptors (Lipinski definition) is 6. The van der Waals surface area contributed by atoms with Crippen LogP contribution in [0.25, 0.3) is 0 Å². The van der Waals surface area contributed by atoms with E-state index in [9.17, 15) is 9.59 Å². The molecule has 2 rings (SSSR count). The zero-order chi connectivity index (χ0) is 19.1. The molecule has 0 bridgehead atoms. The maximum atomic E-state index is 12.2. The summed E-state index contributed by atoms with van der Waals surface area (Å²) >= 11 is 0. The maximum Gasteiger partial charge on any atom is 0.328 e. The molecule has 0 spiro atoms. The topological polar surface area (TPSA) is 107 Å². The van der Waals surface area contributed by atoms with Crippen LogP contribution in [0.4, 0.5) is 0 Å². The van der Waals surface area contributed by atoms with Crippen LogP contribution >= 0.6 is 0 Å². The van der Waals surface area contributed by atoms with Crippen molar-refractivity contribution < 1.29 is 18.7 Å². The molecule has 1 heterocycles. The van der Waals surface area contributed by atoms with Crippen molar-refractivity contribution in [3.8, 4) is 0 Å². The molecule has 1 amide bonds. The van der Waals surface area contributed by atoms with Crippen molar-refractivity contribution in [1.82, 2.24) is 10.3 Å². The largest absolute Gasteiger partial charge is 0.459 e. The fourth-order valence-electron chi connectivity index (χ4n) is 2.23. The van der Waals surface area contributed by atoms with Crippen molar-refractivity contribution in [1.29, 1.82) is 0 Å². The second-order valence-corrected chi connectivity index (χ2v) is 6.27. The van der Waals surface area contributed by atoms with E-state index < -0.39 is 17.9 Å². The number of hydrogen-bond donors (Lipinski definition) is 2. The fraction of sp³-hybridized carbons (Fsp3) is 0.421. The second-order valence-electron chi connectivity index (χ2n) is 6.27. The summed E-state index contributed by atoms with van der Waals surface area (Å²) in [6.45, 7) is 5.71. The SMILES string of the molecule is CCC(C)C(N)c1nc(C(=O)NC(C)C(=O)OCc2ccccc2)co1. The highest BCUT2D eigenvalue weighted by molar-refractivity contribution is 5.94. The lowest BCUT2D eigenvalue weighted by molar-refractivity contribution is -0.146. The Labute approximate surface area is 152 Å². The summed E-state index contributed by atoms with van der Waals surface area (Å²) in [4.78, 5) is 28.4. The molecule has 0 radical (unpaired) electrons. The summed E-state index contributed by atoms with van der Waals surface area (Å²) in [5, 5.41) is 2.55. The number of rotatable bonds is 8. The van der Waals surface area contributed by atoms with Gasteiger partial charge in [-0.15, -0.1) is 0 Å². The first-order chi connectivity index (χ1) is 12.4. The molecule has 0 aliphatic rings. The normalized spacial score (nSPS) is 14.3. The third-order valence-corrected chi connectivity index (χ3v) is 4.22. The number of carbonyl (C=O) groups is 2. The van der Waals surface area contributed by atoms with Gasteiger partial charge in [-0.05, 0) is 18.4 Å². The van der Waals surface area contributed by atoms with E-state index in [-0.39, 0.29) is 24.3 Å². The van der Waals surface area contributed by atoms with E-state index in [0.717, 1.165) is 12.0 Å². The molecule has 0 saturated heterocycles. The van der Waals surface area contributed by atoms with Crippen molar-refractivity contribution in [2.45, 2.75) is 45.9 Å². The van der Waals surface area contributed by atoms with Crippen LogP contribution in [0.1, 0.15) is 55.2 Å². The van der Waals surface area contributed by atoms with Crippen LogP contribution in [0, 0.1) is 5.92 Å². The summed E-state index contributed by atoms with van der Waals surface area (Å²) in [5.41, 5.74) is 7.00. The van der Waals surface area contributed by atoms with Crippen LogP contribution in [0.5, 0.6) is 0 Å². The standard InChI is InChI=1S/C19H25N3O4/c1-4-12(2)16(20)18-22-15(11-25-18)17(23)21-13(3)19(24)26-10-14-8-6-5-7-9-14/h5-9,11-13,16H,4,10,20H2,1-3H3,(H,21,23). The molecule has 0 fully saturated rings. The van der Waals surface area contributed by atoms with Crippen molar-refractivity contribution in [3.63, 3.8) is 0 Å². The number of ether oxygens (including phenoxy) is 1. The Hall–Kier alpha value is -2.67. The first-order valence-electron chi connectivity index (χ1n) is 8.64. The molecule has 7 heteroatoms. The van der Waals surface area contributed by atoms with Crippen LogP contribution < -0.4 is 11.1 Å². The minimum absolute atomic E-state index is 0.0847. The average Bonchev–Trinajstić information content (AvgIpc) is 3.15. The fourth-order valence-corrected chi connectivity index (χ4v) is 2.23. The predicted molar refractivity (Wildman–Crippen MR) is 96.1 cm³/mol. The van der Waals surface area contributed by atoms with Crippen molar-refractivity contribution in [2.75, 3.05) is 0 Å². The number of carbonyl (C=O) groups excluding carboxylic acids is 2. The van der Waals surface area contributed by atoms with E-state index in [0.29, 0.717) is 5.89 Å². The van der Waals surface area contributed by atoms with Gasteiger partial charge in [0.15, 0.2) is 5.69 Å². The van der Waals surface area contributed by atoms with E-state index in [1.54, 1.807) is 6.92 Å². The maximum absolute atomic E-state index is 12.2. The molecule has 3 atom stereocenters. The van der Waals surface area contributed by atoms with Gasteiger partial charge in [0.25, 0.3) is 5.91 Å². The van der Waals surface area contributed by atoms with Crippen LogP contribution in [0.3, 0.4) is 0 Å². The lowest BCUT2D eigenvalue weighted by atomic mass is 10.0. The Bertz CT molecular complexity index is 729. The highest BCUT2D eigenvalue weighted by Gasteiger charge is 2.23. The first-order valence-corrected chi connectivity index (χ1v) is 8.64. The quantitative estimate of drug-likeness (QED) is 0.702. The van der Waals surface area contributed by atoms with Gasteiger partial charge in [-0.3, -0.25) is 4.79 Å². The number of nitrogens with zero attached hydrogens (tertiary/aromatic N) is 1. The minimum atomic E-state index is -0.811. The van der Waals surface area contributed by atoms with Gasteiger partial charge in [-0.2, -0.15) is 0 Å². The molecule has 1 aromatic carbocycles. The van der Waals surface area contributed by atoms with Gasteiger partial charge in [-0.1, -0.05) is 50.6 Å². The van der Waals surface area contributed by atoms with Gasteiger partial charge in [0.2, 0.25) is 5.89 Å². The zero-order valence-electron chi connectivity index (χ0n) is 15.3. The summed E-state index contributed by atoms with van der Waals surface area (Å²) in [5.74, 6) is -0.553. The molecular formula is C19H25N3O4. The van der Waals surface area contributed by atoms with E-state index in [1.165, 1.54) is 6.26 Å². The number of benzene rings is 1. The number of oxazole rings is 1. The first kappa shape index (κ1) is 19.7. The van der Waals surface area contributed by atoms with Gasteiger partial charge in [0.1, 0.15) is 18.9 Å². The van der Waals surface area contributed by atoms with Gasteiger partial charge in [-0.25, -0.2) is 9.78 Å². The van der Waals surface area contributed by atoms with Crippen LogP contribution in [0.2, 0.25) is 0 Å². The monoisotopic (exact) mass is 359 g/mol. The molecule has 1 aromatic heterocycles. The minimum Gasteiger partial charge on any atom is -0.459 e. The predicted octanol–water partition coefficient (Wildman–Crippen LogP) is 2.58. The lowest BCUT2D eigenvalue weighted by Gasteiger charge is -2.14. The van der Waals surface area contributed by atoms with E-state index in [4.69, 9.17) is 14.9 Å². The smallest absolute Gasteiger partial charge is 0.328 e. The lowest BCUT2D eigenvalue weighted by Crippen LogP contribution is -2.39. The van der Waals surface area contributed by atoms with Crippen molar-refractivity contribution in [3.05, 3.63) is 53.7 Å². The Kier molecular flexibility index (Phi) is 6.91. The average molecular weight is 359 g/mol. The summed E-state index contributed by atoms with van der Waals surface area (Å²) in [6.07, 6.45) is 2.12. The molecule has 140 valence electrons. The Morgan fingerprint density at radius 2 is 1.96 bits per heavy atom. The zero-order valence-corrected chi connectivity index (χ0v) is 15.3. The van der Waals surface area contributed by atoms with E-state index in [1.807, 2.05) is 44.2 Å². The molecule has 26 heavy (non-hydrogen) atoms. The molecule has 3 unspecified atom stereocenters. The van der Waals surface area contributed by atoms with Crippen molar-refractivity contribution in [2.24, 2.45) is 11.7 Å². The van der Waals surface area contributed by atoms with Gasteiger partial charge >= 0.3 is 5.97 Å². The highest BCUT2D eigenvalue weighted by atomic mass is 16.5. The van der Waals surface area contributed by atoms with Gasteiger partial charge in [0, 0.05) is 0 Å². The Morgan fingerprint density at radius 3 is 2.62 bits per heavy atom. The van der Waals surface area contributed by atoms with Crippen LogP contribution in [-0.2, 0) is 16.1 Å². The number of esters is 1. The summed E-state index contributed by atoms with van der Waals surface area (Å²) in [7, 11) is 0. The molecule has 2 aromatic rings. The van der Waals surface area contributed by atoms with Gasteiger partial charge in [0.05, 0.1) is 6.04 Å². The third-order valence-electron chi connectivity index (χ3n) is 4.22. The molecular weight excluding hydrogens is 334 g/mol. The number of nitrogens with one attached hydrogen (secondary N) is 1. The number of amides is 1. The molecule has 0 aliphatic heterocycles. The van der Waals surface area contributed by atoms with Crippen LogP contribution in [-0.4, -0.2) is 22.9 Å². The second kappa shape index (κ2) is 9.15. The van der Waals surface area contributed by atoms with Gasteiger partial charge < -0.3 is 20.2 Å². The molecule has 0 aliphatic carbocycles. The van der Waals surface area contributed by atoms with E-state index >= 15 is 0 Å². The number of aromatic nitrogens is 1. The Balaban J connectivity index is 1.88. The summed E-state index contributed by atoms with van der Waals surface area (Å²) < 4.78 is 10.5. The Morgan fingerprint density at radius 1 is 1.27 bits per heavy atom. The van der Waals surface area contributed by atoms with E-state index in [2.05, 4.69) is 10.3 Å². The number of nitrogens with two attached hydrogens (primary N) is 1.